The van der Waals surface area contributed by atoms with Crippen LogP contribution in [0.15, 0.2) is 0 Å². The van der Waals surface area contributed by atoms with Gasteiger partial charge in [0.25, 0.3) is 0 Å². The average Bonchev–Trinajstić information content (AvgIpc) is 2.76. The van der Waals surface area contributed by atoms with Crippen LogP contribution in [-0.2, 0) is 4.74 Å². The number of unbranched alkanes of at least 4 members (excludes halogenated alkanes) is 13. The molecule has 5 nitrogen and oxygen atoms in total. The molecule has 5 unspecified atom stereocenters. The molecule has 0 radical (unpaired) electrons. The Morgan fingerprint density at radius 3 is 1.74 bits per heavy atom. The molecule has 4 N–H and O–H groups in total. The zero-order chi connectivity index (χ0) is 22.9. The van der Waals surface area contributed by atoms with Crippen LogP contribution in [0.2, 0.25) is 0 Å². The van der Waals surface area contributed by atoms with Crippen LogP contribution in [0.5, 0.6) is 0 Å². The minimum atomic E-state index is -0.882. The van der Waals surface area contributed by atoms with E-state index in [0.29, 0.717) is 11.7 Å². The van der Waals surface area contributed by atoms with Crippen molar-refractivity contribution in [2.45, 2.75) is 135 Å². The van der Waals surface area contributed by atoms with E-state index in [1.165, 1.54) is 83.5 Å². The molecule has 1 aliphatic rings. The number of rotatable bonds is 17. The molecular formula is C25H50N2O3S. The van der Waals surface area contributed by atoms with E-state index in [2.05, 4.69) is 17.6 Å². The minimum absolute atomic E-state index is 0.0725. The van der Waals surface area contributed by atoms with Gasteiger partial charge in [0, 0.05) is 19.0 Å². The first-order chi connectivity index (χ1) is 15.0. The normalized spacial score (nSPS) is 26.0. The van der Waals surface area contributed by atoms with E-state index in [4.69, 9.17) is 17.0 Å². The summed E-state index contributed by atoms with van der Waals surface area (Å²) in [4.78, 5) is 0. The summed E-state index contributed by atoms with van der Waals surface area (Å²) in [7, 11) is 0. The van der Waals surface area contributed by atoms with E-state index in [1.54, 1.807) is 0 Å². The molecule has 1 saturated heterocycles. The van der Waals surface area contributed by atoms with Gasteiger partial charge >= 0.3 is 0 Å². The van der Waals surface area contributed by atoms with E-state index < -0.39 is 18.3 Å². The third kappa shape index (κ3) is 13.0. The molecule has 1 heterocycles. The molecule has 1 fully saturated rings. The van der Waals surface area contributed by atoms with Crippen LogP contribution >= 0.6 is 12.2 Å². The SMILES string of the molecule is CCCCCCCCCCCCCCCCNC(=S)NCC1OC(C)C(C)C(O)C1O. The van der Waals surface area contributed by atoms with E-state index in [9.17, 15) is 10.2 Å². The average molecular weight is 459 g/mol. The smallest absolute Gasteiger partial charge is 0.166 e. The monoisotopic (exact) mass is 458 g/mol. The van der Waals surface area contributed by atoms with Crippen molar-refractivity contribution in [3.05, 3.63) is 0 Å². The lowest BCUT2D eigenvalue weighted by Crippen LogP contribution is -2.56. The second-order valence-electron chi connectivity index (χ2n) is 9.45. The fourth-order valence-corrected chi connectivity index (χ4v) is 4.42. The Hall–Kier alpha value is -0.430. The van der Waals surface area contributed by atoms with Gasteiger partial charge in [0.2, 0.25) is 0 Å². The number of hydrogen-bond acceptors (Lipinski definition) is 4. The van der Waals surface area contributed by atoms with Gasteiger partial charge in [-0.25, -0.2) is 0 Å². The van der Waals surface area contributed by atoms with Gasteiger partial charge in [0.1, 0.15) is 12.2 Å². The number of aliphatic hydroxyl groups is 2. The predicted molar refractivity (Wildman–Crippen MR) is 134 cm³/mol. The Bertz CT molecular complexity index is 452. The lowest BCUT2D eigenvalue weighted by molar-refractivity contribution is -0.188. The molecule has 0 aromatic carbocycles. The lowest BCUT2D eigenvalue weighted by atomic mass is 9.89. The van der Waals surface area contributed by atoms with Gasteiger partial charge in [0.05, 0.1) is 12.2 Å². The van der Waals surface area contributed by atoms with E-state index in [0.717, 1.165) is 13.0 Å². The Labute approximate surface area is 197 Å². The Balaban J connectivity index is 1.89. The van der Waals surface area contributed by atoms with Crippen molar-refractivity contribution in [3.63, 3.8) is 0 Å². The van der Waals surface area contributed by atoms with Crippen LogP contribution < -0.4 is 10.6 Å². The minimum Gasteiger partial charge on any atom is -0.390 e. The van der Waals surface area contributed by atoms with Crippen molar-refractivity contribution in [1.29, 1.82) is 0 Å². The maximum atomic E-state index is 10.2. The highest BCUT2D eigenvalue weighted by Crippen LogP contribution is 2.25. The van der Waals surface area contributed by atoms with E-state index in [-0.39, 0.29) is 12.0 Å². The molecule has 0 bridgehead atoms. The number of aliphatic hydroxyl groups excluding tert-OH is 2. The van der Waals surface area contributed by atoms with Gasteiger partial charge in [-0.05, 0) is 25.6 Å². The summed E-state index contributed by atoms with van der Waals surface area (Å²) in [6, 6.07) is 0. The molecule has 1 rings (SSSR count). The van der Waals surface area contributed by atoms with Gasteiger partial charge in [-0.2, -0.15) is 0 Å². The topological polar surface area (TPSA) is 73.8 Å². The molecule has 0 aromatic rings. The second-order valence-corrected chi connectivity index (χ2v) is 9.86. The van der Waals surface area contributed by atoms with Gasteiger partial charge in [-0.15, -0.1) is 0 Å². The molecule has 5 atom stereocenters. The molecule has 0 aliphatic carbocycles. The fraction of sp³-hybridized carbons (Fsp3) is 0.960. The van der Waals surface area contributed by atoms with Crippen molar-refractivity contribution in [3.8, 4) is 0 Å². The van der Waals surface area contributed by atoms with Crippen LogP contribution in [0.25, 0.3) is 0 Å². The van der Waals surface area contributed by atoms with Crippen molar-refractivity contribution < 1.29 is 14.9 Å². The molecule has 0 aromatic heterocycles. The third-order valence-electron chi connectivity index (χ3n) is 6.68. The molecular weight excluding hydrogens is 408 g/mol. The summed E-state index contributed by atoms with van der Waals surface area (Å²) < 4.78 is 5.80. The second kappa shape index (κ2) is 18.0. The van der Waals surface area contributed by atoms with Gasteiger partial charge in [-0.1, -0.05) is 97.3 Å². The molecule has 0 saturated carbocycles. The molecule has 184 valence electrons. The van der Waals surface area contributed by atoms with Crippen molar-refractivity contribution in [1.82, 2.24) is 10.6 Å². The lowest BCUT2D eigenvalue weighted by Gasteiger charge is -2.40. The standard InChI is InChI=1S/C25H50N2O3S/c1-4-5-6-7-8-9-10-11-12-13-14-15-16-17-18-26-25(31)27-19-22-24(29)23(28)20(2)21(3)30-22/h20-24,28-29H,4-19H2,1-3H3,(H2,26,27,31). The maximum absolute atomic E-state index is 10.2. The van der Waals surface area contributed by atoms with Crippen LogP contribution in [0.3, 0.4) is 0 Å². The van der Waals surface area contributed by atoms with Gasteiger partial charge in [-0.3, -0.25) is 0 Å². The van der Waals surface area contributed by atoms with E-state index in [1.807, 2.05) is 13.8 Å². The number of hydrogen-bond donors (Lipinski definition) is 4. The highest BCUT2D eigenvalue weighted by atomic mass is 32.1. The zero-order valence-electron chi connectivity index (χ0n) is 20.4. The van der Waals surface area contributed by atoms with E-state index >= 15 is 0 Å². The summed E-state index contributed by atoms with van der Waals surface area (Å²) in [5.74, 6) is -0.0725. The number of nitrogens with one attached hydrogen (secondary N) is 2. The summed E-state index contributed by atoms with van der Waals surface area (Å²) >= 11 is 5.32. The highest BCUT2D eigenvalue weighted by Gasteiger charge is 2.39. The molecule has 6 heteroatoms. The van der Waals surface area contributed by atoms with Crippen LogP contribution in [-0.4, -0.2) is 52.8 Å². The fourth-order valence-electron chi connectivity index (χ4n) is 4.23. The Kier molecular flexibility index (Phi) is 16.7. The van der Waals surface area contributed by atoms with Crippen molar-refractivity contribution >= 4 is 17.3 Å². The van der Waals surface area contributed by atoms with Crippen LogP contribution in [0, 0.1) is 5.92 Å². The molecule has 31 heavy (non-hydrogen) atoms. The van der Waals surface area contributed by atoms with Crippen LogP contribution in [0.4, 0.5) is 0 Å². The molecule has 0 spiro atoms. The summed E-state index contributed by atoms with van der Waals surface area (Å²) in [6.45, 7) is 7.37. The summed E-state index contributed by atoms with van der Waals surface area (Å²) in [5.41, 5.74) is 0. The van der Waals surface area contributed by atoms with Crippen LogP contribution in [0.1, 0.15) is 111 Å². The Morgan fingerprint density at radius 1 is 0.742 bits per heavy atom. The van der Waals surface area contributed by atoms with Crippen molar-refractivity contribution in [2.75, 3.05) is 13.1 Å². The first-order valence-electron chi connectivity index (χ1n) is 13.0. The molecule has 1 aliphatic heterocycles. The number of ether oxygens (including phenoxy) is 1. The summed E-state index contributed by atoms with van der Waals surface area (Å²) in [6.07, 6.45) is 16.9. The highest BCUT2D eigenvalue weighted by molar-refractivity contribution is 7.80. The zero-order valence-corrected chi connectivity index (χ0v) is 21.2. The first-order valence-corrected chi connectivity index (χ1v) is 13.4. The van der Waals surface area contributed by atoms with Crippen molar-refractivity contribution in [2.24, 2.45) is 5.92 Å². The number of thiocarbonyl (C=S) groups is 1. The van der Waals surface area contributed by atoms with Gasteiger partial charge in [0.15, 0.2) is 5.11 Å². The largest absolute Gasteiger partial charge is 0.390 e. The Morgan fingerprint density at radius 2 is 1.23 bits per heavy atom. The molecule has 0 amide bonds. The predicted octanol–water partition coefficient (Wildman–Crippen LogP) is 5.08. The van der Waals surface area contributed by atoms with Gasteiger partial charge < -0.3 is 25.6 Å². The quantitative estimate of drug-likeness (QED) is 0.180. The first kappa shape index (κ1) is 28.6. The summed E-state index contributed by atoms with van der Waals surface area (Å²) in [5, 5.41) is 27.2. The third-order valence-corrected chi connectivity index (χ3v) is 6.97. The maximum Gasteiger partial charge on any atom is 0.166 e.